The van der Waals surface area contributed by atoms with Crippen molar-refractivity contribution in [1.82, 2.24) is 5.32 Å². The van der Waals surface area contributed by atoms with E-state index in [4.69, 9.17) is 4.42 Å². The predicted octanol–water partition coefficient (Wildman–Crippen LogP) is 4.19. The van der Waals surface area contributed by atoms with Crippen LogP contribution in [0.5, 0.6) is 0 Å². The van der Waals surface area contributed by atoms with E-state index in [1.165, 1.54) is 12.1 Å². The summed E-state index contributed by atoms with van der Waals surface area (Å²) in [7, 11) is 0. The van der Waals surface area contributed by atoms with Gasteiger partial charge in [0.15, 0.2) is 0 Å². The van der Waals surface area contributed by atoms with Gasteiger partial charge >= 0.3 is 0 Å². The van der Waals surface area contributed by atoms with E-state index in [9.17, 15) is 4.39 Å². The minimum absolute atomic E-state index is 0.0695. The predicted molar refractivity (Wildman–Crippen MR) is 73.1 cm³/mol. The van der Waals surface area contributed by atoms with Gasteiger partial charge in [-0.2, -0.15) is 0 Å². The van der Waals surface area contributed by atoms with Gasteiger partial charge in [0.25, 0.3) is 0 Å². The SMILES string of the molecule is CCNC(c1ccc(F)cc1C)c1occc1Br. The zero-order chi connectivity index (χ0) is 13.1. The summed E-state index contributed by atoms with van der Waals surface area (Å²) in [6, 6.07) is 6.60. The van der Waals surface area contributed by atoms with E-state index in [1.807, 2.05) is 19.9 Å². The van der Waals surface area contributed by atoms with Crippen LogP contribution in [0.3, 0.4) is 0 Å². The molecule has 4 heteroatoms. The molecule has 0 aliphatic heterocycles. The first-order valence-corrected chi connectivity index (χ1v) is 6.65. The molecule has 0 aliphatic rings. The smallest absolute Gasteiger partial charge is 0.139 e. The number of furan rings is 1. The van der Waals surface area contributed by atoms with E-state index >= 15 is 0 Å². The first-order valence-electron chi connectivity index (χ1n) is 5.85. The topological polar surface area (TPSA) is 25.2 Å². The van der Waals surface area contributed by atoms with Gasteiger partial charge in [0.1, 0.15) is 11.6 Å². The van der Waals surface area contributed by atoms with Crippen molar-refractivity contribution in [3.8, 4) is 0 Å². The van der Waals surface area contributed by atoms with E-state index < -0.39 is 0 Å². The molecule has 0 fully saturated rings. The fourth-order valence-corrected chi connectivity index (χ4v) is 2.45. The summed E-state index contributed by atoms with van der Waals surface area (Å²) in [5, 5.41) is 3.36. The Morgan fingerprint density at radius 2 is 2.17 bits per heavy atom. The van der Waals surface area contributed by atoms with Crippen molar-refractivity contribution in [2.24, 2.45) is 0 Å². The van der Waals surface area contributed by atoms with Gasteiger partial charge in [0, 0.05) is 0 Å². The average molecular weight is 312 g/mol. The minimum atomic E-state index is -0.218. The number of hydrogen-bond donors (Lipinski definition) is 1. The lowest BCUT2D eigenvalue weighted by atomic mass is 9.99. The first-order chi connectivity index (χ1) is 8.63. The van der Waals surface area contributed by atoms with E-state index in [0.717, 1.165) is 27.9 Å². The molecule has 1 N–H and O–H groups in total. The lowest BCUT2D eigenvalue weighted by Crippen LogP contribution is -2.22. The monoisotopic (exact) mass is 311 g/mol. The summed E-state index contributed by atoms with van der Waals surface area (Å²) in [5.41, 5.74) is 1.93. The third-order valence-corrected chi connectivity index (χ3v) is 3.51. The number of hydrogen-bond acceptors (Lipinski definition) is 2. The maximum Gasteiger partial charge on any atom is 0.139 e. The Kier molecular flexibility index (Phi) is 4.19. The molecule has 0 saturated carbocycles. The van der Waals surface area contributed by atoms with E-state index in [2.05, 4.69) is 21.2 Å². The zero-order valence-corrected chi connectivity index (χ0v) is 11.9. The van der Waals surface area contributed by atoms with Crippen LogP contribution in [0.4, 0.5) is 4.39 Å². The molecule has 1 atom stereocenters. The van der Waals surface area contributed by atoms with Crippen LogP contribution >= 0.6 is 15.9 Å². The molecule has 2 nitrogen and oxygen atoms in total. The number of nitrogens with one attached hydrogen (secondary N) is 1. The molecular weight excluding hydrogens is 297 g/mol. The van der Waals surface area contributed by atoms with Gasteiger partial charge in [0.05, 0.1) is 16.8 Å². The van der Waals surface area contributed by atoms with Crippen LogP contribution in [0.2, 0.25) is 0 Å². The highest BCUT2D eigenvalue weighted by Crippen LogP contribution is 2.31. The summed E-state index contributed by atoms with van der Waals surface area (Å²) in [6.07, 6.45) is 1.64. The van der Waals surface area contributed by atoms with Gasteiger partial charge in [-0.1, -0.05) is 13.0 Å². The van der Waals surface area contributed by atoms with Gasteiger partial charge in [-0.05, 0) is 58.7 Å². The van der Waals surface area contributed by atoms with Gasteiger partial charge in [-0.25, -0.2) is 4.39 Å². The molecule has 1 aromatic carbocycles. The fourth-order valence-electron chi connectivity index (χ4n) is 2.02. The first kappa shape index (κ1) is 13.3. The molecule has 0 radical (unpaired) electrons. The van der Waals surface area contributed by atoms with Gasteiger partial charge in [-0.15, -0.1) is 0 Å². The Morgan fingerprint density at radius 1 is 1.39 bits per heavy atom. The zero-order valence-electron chi connectivity index (χ0n) is 10.3. The molecule has 2 rings (SSSR count). The highest BCUT2D eigenvalue weighted by Gasteiger charge is 2.20. The van der Waals surface area contributed by atoms with E-state index in [-0.39, 0.29) is 11.9 Å². The molecule has 0 aliphatic carbocycles. The molecule has 1 heterocycles. The lowest BCUT2D eigenvalue weighted by Gasteiger charge is -2.19. The van der Waals surface area contributed by atoms with E-state index in [0.29, 0.717) is 0 Å². The van der Waals surface area contributed by atoms with Crippen LogP contribution in [0, 0.1) is 12.7 Å². The number of halogens is 2. The van der Waals surface area contributed by atoms with Crippen molar-refractivity contribution in [2.45, 2.75) is 19.9 Å². The molecule has 18 heavy (non-hydrogen) atoms. The second-order valence-electron chi connectivity index (χ2n) is 4.12. The minimum Gasteiger partial charge on any atom is -0.466 e. The molecular formula is C14H15BrFNO. The van der Waals surface area contributed by atoms with E-state index in [1.54, 1.807) is 12.3 Å². The third kappa shape index (κ3) is 2.65. The van der Waals surface area contributed by atoms with Crippen LogP contribution in [-0.2, 0) is 0 Å². The highest BCUT2D eigenvalue weighted by molar-refractivity contribution is 9.10. The van der Waals surface area contributed by atoms with Gasteiger partial charge in [-0.3, -0.25) is 0 Å². The summed E-state index contributed by atoms with van der Waals surface area (Å²) >= 11 is 3.47. The molecule has 0 spiro atoms. The Hall–Kier alpha value is -1.13. The van der Waals surface area contributed by atoms with Gasteiger partial charge in [0.2, 0.25) is 0 Å². The molecule has 0 bridgehead atoms. The van der Waals surface area contributed by atoms with Crippen molar-refractivity contribution < 1.29 is 8.81 Å². The maximum absolute atomic E-state index is 13.2. The van der Waals surface area contributed by atoms with Crippen LogP contribution in [0.25, 0.3) is 0 Å². The van der Waals surface area contributed by atoms with Crippen LogP contribution < -0.4 is 5.32 Å². The Morgan fingerprint density at radius 3 is 2.72 bits per heavy atom. The summed E-state index contributed by atoms with van der Waals surface area (Å²) in [4.78, 5) is 0. The second kappa shape index (κ2) is 5.67. The lowest BCUT2D eigenvalue weighted by molar-refractivity contribution is 0.448. The molecule has 96 valence electrons. The van der Waals surface area contributed by atoms with Crippen molar-refractivity contribution in [3.63, 3.8) is 0 Å². The van der Waals surface area contributed by atoms with Crippen LogP contribution in [-0.4, -0.2) is 6.54 Å². The third-order valence-electron chi connectivity index (χ3n) is 2.86. The molecule has 0 amide bonds. The van der Waals surface area contributed by atoms with Crippen molar-refractivity contribution in [1.29, 1.82) is 0 Å². The molecule has 2 aromatic rings. The fraction of sp³-hybridized carbons (Fsp3) is 0.286. The second-order valence-corrected chi connectivity index (χ2v) is 4.98. The number of benzene rings is 1. The number of aryl methyl sites for hydroxylation is 1. The Balaban J connectivity index is 2.45. The van der Waals surface area contributed by atoms with Crippen molar-refractivity contribution in [3.05, 3.63) is 57.7 Å². The molecule has 0 saturated heterocycles. The summed E-state index contributed by atoms with van der Waals surface area (Å²) in [6.45, 7) is 4.73. The van der Waals surface area contributed by atoms with Gasteiger partial charge < -0.3 is 9.73 Å². The maximum atomic E-state index is 13.2. The summed E-state index contributed by atoms with van der Waals surface area (Å²) < 4.78 is 19.6. The van der Waals surface area contributed by atoms with Crippen LogP contribution in [0.1, 0.15) is 29.9 Å². The quantitative estimate of drug-likeness (QED) is 0.916. The number of rotatable bonds is 4. The van der Waals surface area contributed by atoms with Crippen molar-refractivity contribution >= 4 is 15.9 Å². The Labute approximate surface area is 114 Å². The van der Waals surface area contributed by atoms with Crippen LogP contribution in [0.15, 0.2) is 39.4 Å². The molecule has 1 unspecified atom stereocenters. The van der Waals surface area contributed by atoms with Crippen molar-refractivity contribution in [2.75, 3.05) is 6.54 Å². The normalized spacial score (nSPS) is 12.7. The Bertz CT molecular complexity index is 538. The average Bonchev–Trinajstić information content (AvgIpc) is 2.73. The molecule has 1 aromatic heterocycles. The standard InChI is InChI=1S/C14H15BrFNO/c1-3-17-13(14-12(15)6-7-18-14)11-5-4-10(16)8-9(11)2/h4-8,13,17H,3H2,1-2H3. The largest absolute Gasteiger partial charge is 0.466 e. The highest BCUT2D eigenvalue weighted by atomic mass is 79.9. The summed E-state index contributed by atoms with van der Waals surface area (Å²) in [5.74, 6) is 0.594.